The van der Waals surface area contributed by atoms with E-state index in [0.29, 0.717) is 0 Å². The highest BCUT2D eigenvalue weighted by atomic mass is 15.1. The van der Waals surface area contributed by atoms with Crippen LogP contribution in [-0.4, -0.2) is 0 Å². The Balaban J connectivity index is 0.854. The lowest BCUT2D eigenvalue weighted by Crippen LogP contribution is -2.09. The van der Waals surface area contributed by atoms with Crippen LogP contribution in [0.15, 0.2) is 309 Å². The number of para-hydroxylation sites is 2. The van der Waals surface area contributed by atoms with E-state index in [4.69, 9.17) is 0 Å². The zero-order chi connectivity index (χ0) is 53.5. The van der Waals surface area contributed by atoms with Crippen LogP contribution in [0.3, 0.4) is 0 Å². The molecular weight excluding hydrogens is 953 g/mol. The van der Waals surface area contributed by atoms with E-state index in [2.05, 4.69) is 340 Å². The molecule has 2 nitrogen and oxygen atoms in total. The van der Waals surface area contributed by atoms with Crippen LogP contribution in [0.4, 0.5) is 34.1 Å². The molecule has 0 heterocycles. The Morgan fingerprint density at radius 1 is 0.190 bits per heavy atom. The first-order chi connectivity index (χ1) is 38.9. The van der Waals surface area contributed by atoms with Crippen molar-refractivity contribution >= 4 is 34.1 Å². The fourth-order valence-corrected chi connectivity index (χ4v) is 11.3. The van der Waals surface area contributed by atoms with E-state index in [-0.39, 0.29) is 11.8 Å². The van der Waals surface area contributed by atoms with Gasteiger partial charge in [0.25, 0.3) is 0 Å². The molecule has 0 aliphatic carbocycles. The van der Waals surface area contributed by atoms with Crippen LogP contribution >= 0.6 is 0 Å². The lowest BCUT2D eigenvalue weighted by Gasteiger charge is -2.26. The van der Waals surface area contributed by atoms with Gasteiger partial charge in [-0.2, -0.15) is 0 Å². The number of aryl methyl sites for hydroxylation is 3. The Morgan fingerprint density at radius 3 is 0.759 bits per heavy atom. The summed E-state index contributed by atoms with van der Waals surface area (Å²) in [5, 5.41) is 0. The van der Waals surface area contributed by atoms with Crippen LogP contribution < -0.4 is 9.80 Å². The van der Waals surface area contributed by atoms with Crippen LogP contribution in [0.5, 0.6) is 0 Å². The summed E-state index contributed by atoms with van der Waals surface area (Å²) in [6.07, 6.45) is 0. The Labute approximate surface area is 466 Å². The average Bonchev–Trinajstić information content (AvgIpc) is 3.53. The molecule has 0 fully saturated rings. The zero-order valence-electron chi connectivity index (χ0n) is 45.0. The molecule has 0 saturated carbocycles. The molecule has 12 rings (SSSR count). The Hall–Kier alpha value is -9.76. The van der Waals surface area contributed by atoms with Gasteiger partial charge in [-0.05, 0) is 171 Å². The summed E-state index contributed by atoms with van der Waals surface area (Å²) < 4.78 is 0. The van der Waals surface area contributed by atoms with Crippen molar-refractivity contribution in [3.8, 4) is 33.4 Å². The van der Waals surface area contributed by atoms with Gasteiger partial charge in [-0.1, -0.05) is 242 Å². The highest BCUT2D eigenvalue weighted by Crippen LogP contribution is 2.41. The van der Waals surface area contributed by atoms with Crippen molar-refractivity contribution < 1.29 is 0 Å². The standard InChI is InChI=1S/C77H62N2/c1-55-16-13-21-69(52-55)77(64-19-7-4-8-20-64)68-42-34-59(35-43-68)58-28-36-65(37-29-58)76(66-38-30-60(31-39-66)62-44-48-72(49-45-62)78(70-22-9-5-10-23-70)74-26-14-17-56(2)53-74)67-40-32-61(33-41-67)63-46-50-73(51-47-63)79(71-24-11-6-12-25-71)75-27-15-18-57(3)54-75/h4-54,76-77H,1-3H3. The van der Waals surface area contributed by atoms with E-state index in [9.17, 15) is 0 Å². The van der Waals surface area contributed by atoms with Crippen molar-refractivity contribution in [2.75, 3.05) is 9.80 Å². The maximum Gasteiger partial charge on any atom is 0.0464 e. The smallest absolute Gasteiger partial charge is 0.0464 e. The van der Waals surface area contributed by atoms with Gasteiger partial charge in [0.15, 0.2) is 0 Å². The number of nitrogens with zero attached hydrogens (tertiary/aromatic N) is 2. The van der Waals surface area contributed by atoms with Crippen LogP contribution in [0.25, 0.3) is 33.4 Å². The van der Waals surface area contributed by atoms with Crippen LogP contribution in [-0.2, 0) is 0 Å². The molecule has 0 amide bonds. The summed E-state index contributed by atoms with van der Waals surface area (Å²) in [5.74, 6) is 0.158. The molecule has 380 valence electrons. The van der Waals surface area contributed by atoms with Gasteiger partial charge < -0.3 is 9.80 Å². The highest BCUT2D eigenvalue weighted by molar-refractivity contribution is 5.80. The van der Waals surface area contributed by atoms with E-state index in [1.807, 2.05) is 0 Å². The Bertz CT molecular complexity index is 3510. The lowest BCUT2D eigenvalue weighted by molar-refractivity contribution is 0.974. The third-order valence-electron chi connectivity index (χ3n) is 15.3. The van der Waals surface area contributed by atoms with Crippen molar-refractivity contribution in [3.63, 3.8) is 0 Å². The van der Waals surface area contributed by atoms with Crippen molar-refractivity contribution in [1.82, 2.24) is 0 Å². The fourth-order valence-electron chi connectivity index (χ4n) is 11.3. The number of anilines is 6. The minimum atomic E-state index is 0.00718. The highest BCUT2D eigenvalue weighted by Gasteiger charge is 2.21. The first kappa shape index (κ1) is 50.1. The SMILES string of the molecule is Cc1cccc(C(c2ccccc2)c2ccc(-c3ccc(C(c4ccc(-c5ccc(N(c6ccccc6)c6cccc(C)c6)cc5)cc4)c4ccc(-c5ccc(N(c6ccccc6)c6cccc(C)c6)cc5)cc4)cc3)cc2)c1. The van der Waals surface area contributed by atoms with Gasteiger partial charge in [0, 0.05) is 46.0 Å². The molecule has 0 bridgehead atoms. The van der Waals surface area contributed by atoms with Crippen LogP contribution in [0, 0.1) is 20.8 Å². The van der Waals surface area contributed by atoms with Gasteiger partial charge in [0.05, 0.1) is 0 Å². The normalized spacial score (nSPS) is 11.5. The van der Waals surface area contributed by atoms with Gasteiger partial charge in [-0.25, -0.2) is 0 Å². The molecule has 12 aromatic carbocycles. The maximum absolute atomic E-state index is 2.33. The summed E-state index contributed by atoms with van der Waals surface area (Å²) in [4.78, 5) is 4.65. The van der Waals surface area contributed by atoms with E-state index < -0.39 is 0 Å². The fraction of sp³-hybridized carbons (Fsp3) is 0.0649. The van der Waals surface area contributed by atoms with Crippen LogP contribution in [0.2, 0.25) is 0 Å². The predicted octanol–water partition coefficient (Wildman–Crippen LogP) is 20.9. The molecule has 0 aromatic heterocycles. The molecule has 0 spiro atoms. The molecule has 0 aliphatic heterocycles. The molecule has 0 N–H and O–H groups in total. The minimum Gasteiger partial charge on any atom is -0.310 e. The number of hydrogen-bond acceptors (Lipinski definition) is 2. The molecule has 1 unspecified atom stereocenters. The van der Waals surface area contributed by atoms with E-state index in [1.165, 1.54) is 83.5 Å². The van der Waals surface area contributed by atoms with Gasteiger partial charge in [0.1, 0.15) is 0 Å². The monoisotopic (exact) mass is 1010 g/mol. The third-order valence-corrected chi connectivity index (χ3v) is 15.3. The van der Waals surface area contributed by atoms with Crippen molar-refractivity contribution in [1.29, 1.82) is 0 Å². The molecule has 0 aliphatic rings. The minimum absolute atomic E-state index is 0.00718. The van der Waals surface area contributed by atoms with Crippen LogP contribution in [0.1, 0.15) is 61.9 Å². The molecule has 2 heteroatoms. The molecular formula is C77H62N2. The molecule has 0 saturated heterocycles. The Kier molecular flexibility index (Phi) is 14.5. The number of hydrogen-bond donors (Lipinski definition) is 0. The zero-order valence-corrected chi connectivity index (χ0v) is 45.0. The van der Waals surface area contributed by atoms with Gasteiger partial charge in [-0.3, -0.25) is 0 Å². The maximum atomic E-state index is 2.33. The predicted molar refractivity (Wildman–Crippen MR) is 334 cm³/mol. The van der Waals surface area contributed by atoms with E-state index >= 15 is 0 Å². The second kappa shape index (κ2) is 22.8. The summed E-state index contributed by atoms with van der Waals surface area (Å²) in [6, 6.07) is 113. The Morgan fingerprint density at radius 2 is 0.430 bits per heavy atom. The third kappa shape index (κ3) is 11.1. The molecule has 79 heavy (non-hydrogen) atoms. The second-order valence-electron chi connectivity index (χ2n) is 20.8. The van der Waals surface area contributed by atoms with E-state index in [0.717, 1.165) is 34.1 Å². The summed E-state index contributed by atoms with van der Waals surface area (Å²) in [6.45, 7) is 6.47. The summed E-state index contributed by atoms with van der Waals surface area (Å²) >= 11 is 0. The molecule has 12 aromatic rings. The van der Waals surface area contributed by atoms with Crippen molar-refractivity contribution in [3.05, 3.63) is 359 Å². The molecule has 1 atom stereocenters. The quantitative estimate of drug-likeness (QED) is 0.0945. The first-order valence-corrected chi connectivity index (χ1v) is 27.4. The largest absolute Gasteiger partial charge is 0.310 e. The van der Waals surface area contributed by atoms with Crippen molar-refractivity contribution in [2.45, 2.75) is 32.6 Å². The van der Waals surface area contributed by atoms with Gasteiger partial charge >= 0.3 is 0 Å². The summed E-state index contributed by atoms with van der Waals surface area (Å²) in [5.41, 5.74) is 25.2. The second-order valence-corrected chi connectivity index (χ2v) is 20.8. The number of benzene rings is 12. The van der Waals surface area contributed by atoms with Gasteiger partial charge in [0.2, 0.25) is 0 Å². The van der Waals surface area contributed by atoms with Crippen molar-refractivity contribution in [2.24, 2.45) is 0 Å². The molecule has 0 radical (unpaired) electrons. The van der Waals surface area contributed by atoms with Gasteiger partial charge in [-0.15, -0.1) is 0 Å². The van der Waals surface area contributed by atoms with E-state index in [1.54, 1.807) is 0 Å². The number of rotatable bonds is 15. The first-order valence-electron chi connectivity index (χ1n) is 27.4. The topological polar surface area (TPSA) is 6.48 Å². The lowest BCUT2D eigenvalue weighted by atomic mass is 9.83. The summed E-state index contributed by atoms with van der Waals surface area (Å²) in [7, 11) is 0. The average molecular weight is 1020 g/mol.